The maximum atomic E-state index is 13.2. The average molecular weight is 478 g/mol. The van der Waals surface area contributed by atoms with E-state index in [0.29, 0.717) is 23.6 Å². The fourth-order valence-electron chi connectivity index (χ4n) is 3.29. The third-order valence-corrected chi connectivity index (χ3v) is 4.88. The number of nitrogens with zero attached hydrogens (tertiary/aromatic N) is 2. The maximum absolute atomic E-state index is 13.2. The molecule has 3 aromatic rings. The van der Waals surface area contributed by atoms with Gasteiger partial charge in [0.05, 0.1) is 19.4 Å². The number of halogens is 3. The molecule has 0 aliphatic rings. The van der Waals surface area contributed by atoms with E-state index in [4.69, 9.17) is 18.6 Å². The molecule has 0 atom stereocenters. The Hall–Kier alpha value is -3.56. The first-order valence-corrected chi connectivity index (χ1v) is 10.5. The Morgan fingerprint density at radius 3 is 2.53 bits per heavy atom. The van der Waals surface area contributed by atoms with Gasteiger partial charge in [0, 0.05) is 23.6 Å². The van der Waals surface area contributed by atoms with Gasteiger partial charge in [0.25, 0.3) is 0 Å². The van der Waals surface area contributed by atoms with E-state index in [-0.39, 0.29) is 35.3 Å². The van der Waals surface area contributed by atoms with Crippen molar-refractivity contribution in [1.82, 2.24) is 9.97 Å². The SMILES string of the molecule is CCOc1cccnc1C(=O)C(C)(C)Cc1coc(-c2ccc(OC)c(OCC(F)(F)F)c2)n1. The number of Topliss-reactive ketones (excluding diaryl/α,β-unsaturated/α-hetero) is 1. The van der Waals surface area contributed by atoms with Gasteiger partial charge in [-0.2, -0.15) is 13.2 Å². The molecule has 0 bridgehead atoms. The van der Waals surface area contributed by atoms with Crippen LogP contribution < -0.4 is 14.2 Å². The minimum atomic E-state index is -4.50. The fourth-order valence-corrected chi connectivity index (χ4v) is 3.29. The van der Waals surface area contributed by atoms with E-state index in [2.05, 4.69) is 9.97 Å². The zero-order chi connectivity index (χ0) is 24.9. The molecule has 1 aromatic carbocycles. The number of carbonyl (C=O) groups excluding carboxylic acids is 1. The van der Waals surface area contributed by atoms with Crippen LogP contribution in [0, 0.1) is 5.41 Å². The summed E-state index contributed by atoms with van der Waals surface area (Å²) in [5, 5.41) is 0. The van der Waals surface area contributed by atoms with Crippen LogP contribution in [0.5, 0.6) is 17.2 Å². The summed E-state index contributed by atoms with van der Waals surface area (Å²) in [5.41, 5.74) is 0.252. The number of carbonyl (C=O) groups is 1. The predicted octanol–water partition coefficient (Wildman–Crippen LogP) is 5.54. The third-order valence-electron chi connectivity index (χ3n) is 4.88. The van der Waals surface area contributed by atoms with Crippen molar-refractivity contribution in [3.8, 4) is 28.7 Å². The van der Waals surface area contributed by atoms with E-state index in [1.54, 1.807) is 32.0 Å². The lowest BCUT2D eigenvalue weighted by Crippen LogP contribution is -2.28. The molecule has 2 aromatic heterocycles. The van der Waals surface area contributed by atoms with Gasteiger partial charge >= 0.3 is 6.18 Å². The third kappa shape index (κ3) is 6.06. The number of ketones is 1. The van der Waals surface area contributed by atoms with Crippen LogP contribution in [0.25, 0.3) is 11.5 Å². The van der Waals surface area contributed by atoms with Gasteiger partial charge in [-0.05, 0) is 37.3 Å². The van der Waals surface area contributed by atoms with Crippen molar-refractivity contribution in [2.75, 3.05) is 20.3 Å². The summed E-state index contributed by atoms with van der Waals surface area (Å²) in [7, 11) is 1.33. The summed E-state index contributed by atoms with van der Waals surface area (Å²) in [6.07, 6.45) is -1.31. The maximum Gasteiger partial charge on any atom is 0.422 e. The van der Waals surface area contributed by atoms with Crippen LogP contribution >= 0.6 is 0 Å². The normalized spacial score (nSPS) is 11.9. The Kier molecular flexibility index (Phi) is 7.48. The zero-order valence-corrected chi connectivity index (χ0v) is 19.2. The second-order valence-corrected chi connectivity index (χ2v) is 8.09. The van der Waals surface area contributed by atoms with Crippen molar-refractivity contribution >= 4 is 5.78 Å². The van der Waals surface area contributed by atoms with Crippen LogP contribution in [0.15, 0.2) is 47.2 Å². The number of hydrogen-bond acceptors (Lipinski definition) is 7. The molecule has 0 radical (unpaired) electrons. The molecule has 7 nitrogen and oxygen atoms in total. The molecular weight excluding hydrogens is 453 g/mol. The first-order chi connectivity index (χ1) is 16.0. The molecule has 0 aliphatic heterocycles. The van der Waals surface area contributed by atoms with Crippen LogP contribution in [0.1, 0.15) is 37.0 Å². The van der Waals surface area contributed by atoms with Crippen molar-refractivity contribution in [2.45, 2.75) is 33.4 Å². The highest BCUT2D eigenvalue weighted by atomic mass is 19.4. The van der Waals surface area contributed by atoms with E-state index >= 15 is 0 Å². The Labute approximate surface area is 194 Å². The van der Waals surface area contributed by atoms with Gasteiger partial charge in [-0.15, -0.1) is 0 Å². The van der Waals surface area contributed by atoms with Crippen molar-refractivity contribution < 1.29 is 36.6 Å². The monoisotopic (exact) mass is 478 g/mol. The molecule has 0 aliphatic carbocycles. The smallest absolute Gasteiger partial charge is 0.422 e. The number of pyridine rings is 1. The lowest BCUT2D eigenvalue weighted by molar-refractivity contribution is -0.153. The summed E-state index contributed by atoms with van der Waals surface area (Å²) in [6.45, 7) is 4.30. The number of aromatic nitrogens is 2. The van der Waals surface area contributed by atoms with Crippen LogP contribution in [0.4, 0.5) is 13.2 Å². The Morgan fingerprint density at radius 1 is 1.09 bits per heavy atom. The van der Waals surface area contributed by atoms with E-state index in [1.807, 2.05) is 6.92 Å². The molecule has 182 valence electrons. The molecule has 0 saturated carbocycles. The number of methoxy groups -OCH3 is 1. The molecule has 10 heteroatoms. The quantitative estimate of drug-likeness (QED) is 0.354. The van der Waals surface area contributed by atoms with Gasteiger partial charge in [-0.3, -0.25) is 4.79 Å². The van der Waals surface area contributed by atoms with Crippen molar-refractivity contribution in [3.63, 3.8) is 0 Å². The number of rotatable bonds is 10. The van der Waals surface area contributed by atoms with Crippen LogP contribution in [-0.4, -0.2) is 42.3 Å². The molecule has 0 fully saturated rings. The van der Waals surface area contributed by atoms with Crippen molar-refractivity contribution in [1.29, 1.82) is 0 Å². The number of hydrogen-bond donors (Lipinski definition) is 0. The highest BCUT2D eigenvalue weighted by Gasteiger charge is 2.33. The van der Waals surface area contributed by atoms with Crippen molar-refractivity contribution in [3.05, 3.63) is 54.2 Å². The standard InChI is InChI=1S/C24H25F3N2O5/c1-5-32-18-7-6-10-28-20(18)21(30)23(2,3)12-16-13-33-22(29-16)15-8-9-17(31-4)19(11-15)34-14-24(25,26)27/h6-11,13H,5,12,14H2,1-4H3. The Bertz CT molecular complexity index is 1140. The van der Waals surface area contributed by atoms with Gasteiger partial charge in [-0.25, -0.2) is 9.97 Å². The van der Waals surface area contributed by atoms with Gasteiger partial charge in [0.2, 0.25) is 5.89 Å². The zero-order valence-electron chi connectivity index (χ0n) is 19.2. The van der Waals surface area contributed by atoms with Gasteiger partial charge in [0.15, 0.2) is 23.9 Å². The van der Waals surface area contributed by atoms with E-state index in [0.717, 1.165) is 0 Å². The second kappa shape index (κ2) is 10.1. The number of ether oxygens (including phenoxy) is 3. The summed E-state index contributed by atoms with van der Waals surface area (Å²) in [5.74, 6) is 0.422. The van der Waals surface area contributed by atoms with Gasteiger partial charge in [-0.1, -0.05) is 13.8 Å². The van der Waals surface area contributed by atoms with Gasteiger partial charge < -0.3 is 18.6 Å². The molecule has 0 N–H and O–H groups in total. The summed E-state index contributed by atoms with van der Waals surface area (Å²) in [6, 6.07) is 7.80. The van der Waals surface area contributed by atoms with Gasteiger partial charge in [0.1, 0.15) is 17.7 Å². The number of benzene rings is 1. The molecule has 2 heterocycles. The second-order valence-electron chi connectivity index (χ2n) is 8.09. The minimum absolute atomic E-state index is 0.0915. The lowest BCUT2D eigenvalue weighted by Gasteiger charge is -2.22. The molecule has 0 amide bonds. The summed E-state index contributed by atoms with van der Waals surface area (Å²) in [4.78, 5) is 21.8. The summed E-state index contributed by atoms with van der Waals surface area (Å²) < 4.78 is 58.7. The van der Waals surface area contributed by atoms with Crippen LogP contribution in [0.2, 0.25) is 0 Å². The van der Waals surface area contributed by atoms with E-state index in [1.165, 1.54) is 31.7 Å². The van der Waals surface area contributed by atoms with Crippen molar-refractivity contribution in [2.24, 2.45) is 5.41 Å². The average Bonchev–Trinajstić information content (AvgIpc) is 3.25. The van der Waals surface area contributed by atoms with Crippen LogP contribution in [0.3, 0.4) is 0 Å². The highest BCUT2D eigenvalue weighted by molar-refractivity contribution is 6.00. The highest BCUT2D eigenvalue weighted by Crippen LogP contribution is 2.35. The molecule has 0 unspecified atom stereocenters. The molecule has 0 spiro atoms. The fraction of sp³-hybridized carbons (Fsp3) is 0.375. The minimum Gasteiger partial charge on any atom is -0.493 e. The lowest BCUT2D eigenvalue weighted by atomic mass is 9.81. The first kappa shape index (κ1) is 25.1. The molecule has 3 rings (SSSR count). The van der Waals surface area contributed by atoms with E-state index < -0.39 is 18.2 Å². The Balaban J connectivity index is 1.80. The van der Waals surface area contributed by atoms with Crippen LogP contribution in [-0.2, 0) is 6.42 Å². The molecule has 34 heavy (non-hydrogen) atoms. The first-order valence-electron chi connectivity index (χ1n) is 10.5. The Morgan fingerprint density at radius 2 is 1.85 bits per heavy atom. The number of alkyl halides is 3. The van der Waals surface area contributed by atoms with E-state index in [9.17, 15) is 18.0 Å². The molecule has 0 saturated heterocycles. The molecular formula is C24H25F3N2O5. The topological polar surface area (TPSA) is 83.7 Å². The predicted molar refractivity (Wildman–Crippen MR) is 117 cm³/mol. The largest absolute Gasteiger partial charge is 0.493 e. The summed E-state index contributed by atoms with van der Waals surface area (Å²) >= 11 is 0. The number of oxazole rings is 1.